The van der Waals surface area contributed by atoms with E-state index in [4.69, 9.17) is 18.9 Å². The quantitative estimate of drug-likeness (QED) is 0.287. The summed E-state index contributed by atoms with van der Waals surface area (Å²) in [7, 11) is 2.68. The molecule has 0 spiro atoms. The maximum absolute atomic E-state index is 13.7. The first-order chi connectivity index (χ1) is 13.1. The Bertz CT molecular complexity index is 812. The van der Waals surface area contributed by atoms with Gasteiger partial charge in [0.2, 0.25) is 0 Å². The van der Waals surface area contributed by atoms with Crippen LogP contribution in [0.2, 0.25) is 0 Å². The average molecular weight is 372 g/mol. The topological polar surface area (TPSA) is 54.0 Å². The van der Waals surface area contributed by atoms with Crippen molar-refractivity contribution in [3.05, 3.63) is 78.3 Å². The highest BCUT2D eigenvalue weighted by atomic mass is 19.1. The zero-order chi connectivity index (χ0) is 19.6. The van der Waals surface area contributed by atoms with E-state index in [1.54, 1.807) is 30.3 Å². The van der Waals surface area contributed by atoms with E-state index in [9.17, 15) is 9.18 Å². The number of carbonyl (C=O) groups excluding carboxylic acids is 1. The van der Waals surface area contributed by atoms with Gasteiger partial charge in [-0.2, -0.15) is 0 Å². The van der Waals surface area contributed by atoms with Crippen LogP contribution in [0.3, 0.4) is 0 Å². The Kier molecular flexibility index (Phi) is 7.43. The molecule has 0 N–H and O–H groups in total. The van der Waals surface area contributed by atoms with Gasteiger partial charge in [0.1, 0.15) is 36.1 Å². The van der Waals surface area contributed by atoms with E-state index in [1.165, 1.54) is 38.7 Å². The van der Waals surface area contributed by atoms with Crippen LogP contribution in [-0.4, -0.2) is 26.8 Å². The highest BCUT2D eigenvalue weighted by molar-refractivity contribution is 6.16. The second kappa shape index (κ2) is 10.0. The molecule has 0 heterocycles. The highest BCUT2D eigenvalue weighted by Crippen LogP contribution is 2.24. The normalized spacial score (nSPS) is 10.9. The van der Waals surface area contributed by atoms with Gasteiger partial charge in [-0.3, -0.25) is 0 Å². The first-order valence-electron chi connectivity index (χ1n) is 8.15. The van der Waals surface area contributed by atoms with Gasteiger partial charge < -0.3 is 18.9 Å². The smallest absolute Gasteiger partial charge is 0.341 e. The van der Waals surface area contributed by atoms with Crippen LogP contribution in [0.1, 0.15) is 11.1 Å². The SMILES string of the molecule is C=CCOc1ccc(OCc2cc(F)ccc2C(=COC)C(=O)OC)cc1. The molecule has 0 saturated heterocycles. The van der Waals surface area contributed by atoms with Crippen molar-refractivity contribution in [2.75, 3.05) is 20.8 Å². The van der Waals surface area contributed by atoms with Gasteiger partial charge in [-0.25, -0.2) is 9.18 Å². The molecule has 0 saturated carbocycles. The summed E-state index contributed by atoms with van der Waals surface area (Å²) in [5, 5.41) is 0. The van der Waals surface area contributed by atoms with E-state index >= 15 is 0 Å². The highest BCUT2D eigenvalue weighted by Gasteiger charge is 2.18. The summed E-state index contributed by atoms with van der Waals surface area (Å²) in [4.78, 5) is 12.0. The molecule has 0 radical (unpaired) electrons. The summed E-state index contributed by atoms with van der Waals surface area (Å²) >= 11 is 0. The monoisotopic (exact) mass is 372 g/mol. The zero-order valence-electron chi connectivity index (χ0n) is 15.2. The number of hydrogen-bond donors (Lipinski definition) is 0. The number of carbonyl (C=O) groups is 1. The van der Waals surface area contributed by atoms with E-state index in [2.05, 4.69) is 6.58 Å². The second-order valence-corrected chi connectivity index (χ2v) is 5.42. The van der Waals surface area contributed by atoms with Crippen molar-refractivity contribution in [3.63, 3.8) is 0 Å². The maximum Gasteiger partial charge on any atom is 0.341 e. The molecule has 27 heavy (non-hydrogen) atoms. The number of rotatable bonds is 9. The standard InChI is InChI=1S/C21H21FO5/c1-4-11-26-17-6-8-18(9-7-17)27-13-15-12-16(22)5-10-19(15)20(14-24-2)21(23)25-3/h4-10,12,14H,1,11,13H2,2-3H3. The number of esters is 1. The lowest BCUT2D eigenvalue weighted by atomic mass is 10.0. The summed E-state index contributed by atoms with van der Waals surface area (Å²) in [5.41, 5.74) is 1.12. The Labute approximate surface area is 157 Å². The summed E-state index contributed by atoms with van der Waals surface area (Å²) in [5.74, 6) is 0.233. The van der Waals surface area contributed by atoms with Crippen molar-refractivity contribution in [1.29, 1.82) is 0 Å². The molecular weight excluding hydrogens is 351 g/mol. The lowest BCUT2D eigenvalue weighted by Gasteiger charge is -2.13. The fourth-order valence-electron chi connectivity index (χ4n) is 2.34. The van der Waals surface area contributed by atoms with Gasteiger partial charge in [0.05, 0.1) is 20.5 Å². The molecule has 142 valence electrons. The van der Waals surface area contributed by atoms with Gasteiger partial charge in [-0.1, -0.05) is 18.7 Å². The predicted octanol–water partition coefficient (Wildman–Crippen LogP) is 4.13. The lowest BCUT2D eigenvalue weighted by Crippen LogP contribution is -2.09. The Morgan fingerprint density at radius 3 is 2.33 bits per heavy atom. The van der Waals surface area contributed by atoms with Crippen LogP contribution < -0.4 is 9.47 Å². The molecule has 0 fully saturated rings. The van der Waals surface area contributed by atoms with E-state index in [0.29, 0.717) is 29.2 Å². The van der Waals surface area contributed by atoms with Crippen molar-refractivity contribution in [3.8, 4) is 11.5 Å². The first kappa shape index (κ1) is 20.0. The molecule has 0 aromatic heterocycles. The fourth-order valence-corrected chi connectivity index (χ4v) is 2.34. The third-order valence-corrected chi connectivity index (χ3v) is 3.58. The number of halogens is 1. The molecular formula is C21H21FO5. The molecule has 0 aliphatic carbocycles. The van der Waals surface area contributed by atoms with Gasteiger partial charge in [0.15, 0.2) is 0 Å². The molecule has 0 bridgehead atoms. The van der Waals surface area contributed by atoms with E-state index in [0.717, 1.165) is 0 Å². The first-order valence-corrected chi connectivity index (χ1v) is 8.15. The summed E-state index contributed by atoms with van der Waals surface area (Å²) in [6.07, 6.45) is 2.91. The van der Waals surface area contributed by atoms with Crippen molar-refractivity contribution >= 4 is 11.5 Å². The Morgan fingerprint density at radius 1 is 1.07 bits per heavy atom. The van der Waals surface area contributed by atoms with Crippen LogP contribution in [0.4, 0.5) is 4.39 Å². The molecule has 0 unspecified atom stereocenters. The van der Waals surface area contributed by atoms with Crippen LogP contribution in [0.15, 0.2) is 61.4 Å². The number of ether oxygens (including phenoxy) is 4. The molecule has 0 amide bonds. The van der Waals surface area contributed by atoms with Crippen LogP contribution >= 0.6 is 0 Å². The molecule has 2 aromatic carbocycles. The van der Waals surface area contributed by atoms with Gasteiger partial charge in [-0.05, 0) is 42.0 Å². The molecule has 2 rings (SSSR count). The maximum atomic E-state index is 13.7. The molecule has 6 heteroatoms. The van der Waals surface area contributed by atoms with Gasteiger partial charge in [0, 0.05) is 5.56 Å². The third-order valence-electron chi connectivity index (χ3n) is 3.58. The summed E-state index contributed by atoms with van der Waals surface area (Å²) in [6.45, 7) is 4.06. The van der Waals surface area contributed by atoms with Crippen molar-refractivity contribution in [1.82, 2.24) is 0 Å². The minimum atomic E-state index is -0.589. The van der Waals surface area contributed by atoms with Crippen LogP contribution in [0, 0.1) is 5.82 Å². The van der Waals surface area contributed by atoms with E-state index < -0.39 is 11.8 Å². The van der Waals surface area contributed by atoms with Gasteiger partial charge >= 0.3 is 5.97 Å². The van der Waals surface area contributed by atoms with E-state index in [1.807, 2.05) is 0 Å². The average Bonchev–Trinajstić information content (AvgIpc) is 2.69. The summed E-state index contributed by atoms with van der Waals surface area (Å²) in [6, 6.07) is 11.1. The fraction of sp³-hybridized carbons (Fsp3) is 0.190. The number of benzene rings is 2. The molecule has 2 aromatic rings. The Hall–Kier alpha value is -3.28. The Balaban J connectivity index is 2.20. The van der Waals surface area contributed by atoms with Crippen molar-refractivity contribution < 1.29 is 28.1 Å². The van der Waals surface area contributed by atoms with Crippen LogP contribution in [-0.2, 0) is 20.9 Å². The second-order valence-electron chi connectivity index (χ2n) is 5.42. The molecule has 0 aliphatic heterocycles. The largest absolute Gasteiger partial charge is 0.503 e. The molecule has 0 aliphatic rings. The summed E-state index contributed by atoms with van der Waals surface area (Å²) < 4.78 is 34.6. The predicted molar refractivity (Wildman–Crippen MR) is 99.9 cm³/mol. The minimum Gasteiger partial charge on any atom is -0.503 e. The Morgan fingerprint density at radius 2 is 1.74 bits per heavy atom. The lowest BCUT2D eigenvalue weighted by molar-refractivity contribution is -0.133. The van der Waals surface area contributed by atoms with E-state index in [-0.39, 0.29) is 12.2 Å². The van der Waals surface area contributed by atoms with Crippen LogP contribution in [0.25, 0.3) is 5.57 Å². The molecule has 0 atom stereocenters. The van der Waals surface area contributed by atoms with Crippen molar-refractivity contribution in [2.24, 2.45) is 0 Å². The number of hydrogen-bond acceptors (Lipinski definition) is 5. The minimum absolute atomic E-state index is 0.0536. The molecule has 5 nitrogen and oxygen atoms in total. The van der Waals surface area contributed by atoms with Crippen LogP contribution in [0.5, 0.6) is 11.5 Å². The zero-order valence-corrected chi connectivity index (χ0v) is 15.2. The number of methoxy groups -OCH3 is 2. The third kappa shape index (κ3) is 5.60. The van der Waals surface area contributed by atoms with Gasteiger partial charge in [-0.15, -0.1) is 0 Å². The van der Waals surface area contributed by atoms with Gasteiger partial charge in [0.25, 0.3) is 0 Å². The van der Waals surface area contributed by atoms with Crippen molar-refractivity contribution in [2.45, 2.75) is 6.61 Å².